The van der Waals surface area contributed by atoms with Gasteiger partial charge in [-0.05, 0) is 35.9 Å². The summed E-state index contributed by atoms with van der Waals surface area (Å²) in [5.41, 5.74) is 8.36. The molecular weight excluding hydrogens is 340 g/mol. The minimum Gasteiger partial charge on any atom is -0.351 e. The predicted octanol–water partition coefficient (Wildman–Crippen LogP) is 3.22. The van der Waals surface area contributed by atoms with E-state index >= 15 is 0 Å². The van der Waals surface area contributed by atoms with Crippen molar-refractivity contribution >= 4 is 17.6 Å². The van der Waals surface area contributed by atoms with Crippen molar-refractivity contribution in [1.29, 1.82) is 0 Å². The van der Waals surface area contributed by atoms with Crippen molar-refractivity contribution < 1.29 is 9.59 Å². The standard InChI is InChI=1S/C21H20N4O2/c22-21(27)23-17-9-4-8-16(14-17)20(26)25-13-12-24-11-5-10-18(24)19(25)15-6-2-1-3-7-15/h1-11,14,19H,12-13H2,(H3,22,23,27)/t19-/m1/s1. The van der Waals surface area contributed by atoms with Crippen LogP contribution >= 0.6 is 0 Å². The van der Waals surface area contributed by atoms with Crippen LogP contribution in [-0.4, -0.2) is 28.0 Å². The fourth-order valence-electron chi connectivity index (χ4n) is 3.63. The van der Waals surface area contributed by atoms with Gasteiger partial charge in [0.1, 0.15) is 0 Å². The summed E-state index contributed by atoms with van der Waals surface area (Å²) in [6, 6.07) is 20.1. The van der Waals surface area contributed by atoms with E-state index in [-0.39, 0.29) is 11.9 Å². The average Bonchev–Trinajstić information content (AvgIpc) is 3.16. The second-order valence-electron chi connectivity index (χ2n) is 6.51. The molecule has 27 heavy (non-hydrogen) atoms. The quantitative estimate of drug-likeness (QED) is 0.752. The zero-order chi connectivity index (χ0) is 18.8. The Balaban J connectivity index is 1.71. The summed E-state index contributed by atoms with van der Waals surface area (Å²) in [4.78, 5) is 26.3. The molecule has 0 radical (unpaired) electrons. The average molecular weight is 360 g/mol. The van der Waals surface area contributed by atoms with E-state index in [1.807, 2.05) is 47.5 Å². The molecule has 0 spiro atoms. The Morgan fingerprint density at radius 2 is 1.78 bits per heavy atom. The predicted molar refractivity (Wildman–Crippen MR) is 103 cm³/mol. The van der Waals surface area contributed by atoms with E-state index < -0.39 is 6.03 Å². The molecular formula is C21H20N4O2. The molecule has 136 valence electrons. The minimum absolute atomic E-state index is 0.0792. The third-order valence-electron chi connectivity index (χ3n) is 4.79. The smallest absolute Gasteiger partial charge is 0.316 e. The van der Waals surface area contributed by atoms with Crippen LogP contribution < -0.4 is 11.1 Å². The molecule has 0 fully saturated rings. The highest BCUT2D eigenvalue weighted by atomic mass is 16.2. The van der Waals surface area contributed by atoms with Crippen LogP contribution in [-0.2, 0) is 6.54 Å². The van der Waals surface area contributed by atoms with E-state index in [1.54, 1.807) is 24.3 Å². The lowest BCUT2D eigenvalue weighted by molar-refractivity contribution is 0.0664. The molecule has 0 saturated heterocycles. The van der Waals surface area contributed by atoms with Crippen molar-refractivity contribution in [2.24, 2.45) is 5.73 Å². The normalized spacial score (nSPS) is 15.9. The summed E-state index contributed by atoms with van der Waals surface area (Å²) >= 11 is 0. The topological polar surface area (TPSA) is 80.4 Å². The summed E-state index contributed by atoms with van der Waals surface area (Å²) in [5, 5.41) is 2.52. The molecule has 4 rings (SSSR count). The van der Waals surface area contributed by atoms with Crippen LogP contribution in [0.5, 0.6) is 0 Å². The highest BCUT2D eigenvalue weighted by Crippen LogP contribution is 2.33. The third-order valence-corrected chi connectivity index (χ3v) is 4.79. The zero-order valence-corrected chi connectivity index (χ0v) is 14.7. The van der Waals surface area contributed by atoms with Gasteiger partial charge in [0.15, 0.2) is 0 Å². The number of aromatic nitrogens is 1. The highest BCUT2D eigenvalue weighted by Gasteiger charge is 2.32. The van der Waals surface area contributed by atoms with Gasteiger partial charge in [-0.3, -0.25) is 4.79 Å². The highest BCUT2D eigenvalue weighted by molar-refractivity contribution is 5.97. The van der Waals surface area contributed by atoms with Crippen LogP contribution in [0.4, 0.5) is 10.5 Å². The monoisotopic (exact) mass is 360 g/mol. The minimum atomic E-state index is -0.655. The van der Waals surface area contributed by atoms with E-state index in [0.717, 1.165) is 17.8 Å². The van der Waals surface area contributed by atoms with Gasteiger partial charge in [-0.25, -0.2) is 4.79 Å². The van der Waals surface area contributed by atoms with Crippen molar-refractivity contribution in [2.45, 2.75) is 12.6 Å². The molecule has 3 amide bonds. The first-order valence-electron chi connectivity index (χ1n) is 8.81. The Labute approximate surface area is 157 Å². The van der Waals surface area contributed by atoms with Crippen molar-refractivity contribution in [3.8, 4) is 0 Å². The zero-order valence-electron chi connectivity index (χ0n) is 14.7. The van der Waals surface area contributed by atoms with E-state index in [0.29, 0.717) is 17.8 Å². The van der Waals surface area contributed by atoms with Gasteiger partial charge in [-0.15, -0.1) is 0 Å². The summed E-state index contributed by atoms with van der Waals surface area (Å²) in [5.74, 6) is -0.0792. The number of nitrogens with two attached hydrogens (primary N) is 1. The lowest BCUT2D eigenvalue weighted by Crippen LogP contribution is -2.42. The van der Waals surface area contributed by atoms with Gasteiger partial charge in [0.25, 0.3) is 5.91 Å². The molecule has 2 aromatic carbocycles. The maximum Gasteiger partial charge on any atom is 0.316 e. The molecule has 3 aromatic rings. The Kier molecular flexibility index (Phi) is 4.38. The molecule has 0 bridgehead atoms. The molecule has 0 saturated carbocycles. The van der Waals surface area contributed by atoms with Crippen LogP contribution in [0.2, 0.25) is 0 Å². The second kappa shape index (κ2) is 6.99. The van der Waals surface area contributed by atoms with Gasteiger partial charge >= 0.3 is 6.03 Å². The number of hydrogen-bond acceptors (Lipinski definition) is 2. The Hall–Kier alpha value is -3.54. The second-order valence-corrected chi connectivity index (χ2v) is 6.51. The summed E-state index contributed by atoms with van der Waals surface area (Å²) in [6.07, 6.45) is 2.05. The van der Waals surface area contributed by atoms with Gasteiger partial charge < -0.3 is 20.5 Å². The Morgan fingerprint density at radius 3 is 2.56 bits per heavy atom. The first-order valence-corrected chi connectivity index (χ1v) is 8.81. The number of urea groups is 1. The molecule has 0 unspecified atom stereocenters. The lowest BCUT2D eigenvalue weighted by atomic mass is 9.99. The van der Waals surface area contributed by atoms with Crippen LogP contribution in [0.25, 0.3) is 0 Å². The van der Waals surface area contributed by atoms with E-state index in [4.69, 9.17) is 5.73 Å². The number of anilines is 1. The molecule has 1 atom stereocenters. The van der Waals surface area contributed by atoms with Crippen molar-refractivity contribution in [1.82, 2.24) is 9.47 Å². The molecule has 6 heteroatoms. The lowest BCUT2D eigenvalue weighted by Gasteiger charge is -2.37. The van der Waals surface area contributed by atoms with E-state index in [9.17, 15) is 9.59 Å². The molecule has 1 aromatic heterocycles. The third kappa shape index (κ3) is 3.29. The number of carbonyl (C=O) groups excluding carboxylic acids is 2. The molecule has 0 aliphatic carbocycles. The van der Waals surface area contributed by atoms with E-state index in [1.165, 1.54) is 0 Å². The van der Waals surface area contributed by atoms with Gasteiger partial charge in [0.2, 0.25) is 0 Å². The van der Waals surface area contributed by atoms with Gasteiger partial charge in [0, 0.05) is 36.2 Å². The summed E-state index contributed by atoms with van der Waals surface area (Å²) in [7, 11) is 0. The molecule has 1 aliphatic heterocycles. The van der Waals surface area contributed by atoms with Gasteiger partial charge in [-0.1, -0.05) is 36.4 Å². The maximum atomic E-state index is 13.3. The number of primary amides is 1. The van der Waals surface area contributed by atoms with Crippen molar-refractivity contribution in [2.75, 3.05) is 11.9 Å². The fourth-order valence-corrected chi connectivity index (χ4v) is 3.63. The van der Waals surface area contributed by atoms with Crippen LogP contribution in [0.1, 0.15) is 27.7 Å². The Morgan fingerprint density at radius 1 is 0.963 bits per heavy atom. The first kappa shape index (κ1) is 16.9. The number of benzene rings is 2. The Bertz CT molecular complexity index is 981. The number of nitrogens with zero attached hydrogens (tertiary/aromatic N) is 2. The fraction of sp³-hybridized carbons (Fsp3) is 0.143. The van der Waals surface area contributed by atoms with Crippen LogP contribution in [0.15, 0.2) is 72.9 Å². The van der Waals surface area contributed by atoms with Crippen molar-refractivity contribution in [3.63, 3.8) is 0 Å². The SMILES string of the molecule is NC(=O)Nc1cccc(C(=O)N2CCn3cccc3[C@H]2c2ccccc2)c1. The molecule has 2 heterocycles. The number of hydrogen-bond donors (Lipinski definition) is 2. The molecule has 3 N–H and O–H groups in total. The number of amides is 3. The number of fused-ring (bicyclic) bond motifs is 1. The number of rotatable bonds is 3. The van der Waals surface area contributed by atoms with Crippen LogP contribution in [0, 0.1) is 0 Å². The first-order chi connectivity index (χ1) is 13.1. The largest absolute Gasteiger partial charge is 0.351 e. The maximum absolute atomic E-state index is 13.3. The van der Waals surface area contributed by atoms with Crippen LogP contribution in [0.3, 0.4) is 0 Å². The van der Waals surface area contributed by atoms with Gasteiger partial charge in [0.05, 0.1) is 6.04 Å². The number of carbonyl (C=O) groups is 2. The molecule has 6 nitrogen and oxygen atoms in total. The summed E-state index contributed by atoms with van der Waals surface area (Å²) in [6.45, 7) is 1.35. The van der Waals surface area contributed by atoms with E-state index in [2.05, 4.69) is 16.0 Å². The van der Waals surface area contributed by atoms with Crippen molar-refractivity contribution in [3.05, 3.63) is 89.7 Å². The van der Waals surface area contributed by atoms with Gasteiger partial charge in [-0.2, -0.15) is 0 Å². The molecule has 1 aliphatic rings. The number of nitrogens with one attached hydrogen (secondary N) is 1. The summed E-state index contributed by atoms with van der Waals surface area (Å²) < 4.78 is 2.19.